The molecule has 1 aliphatic heterocycles. The van der Waals surface area contributed by atoms with Gasteiger partial charge in [-0.25, -0.2) is 0 Å². The molecule has 7 heteroatoms. The van der Waals surface area contributed by atoms with E-state index in [1.807, 2.05) is 0 Å². The molecule has 0 amide bonds. The van der Waals surface area contributed by atoms with Crippen LogP contribution >= 0.6 is 0 Å². The molecule has 7 nitrogen and oxygen atoms in total. The van der Waals surface area contributed by atoms with Crippen LogP contribution in [0.15, 0.2) is 12.2 Å². The minimum Gasteiger partial charge on any atom is -0.481 e. The lowest BCUT2D eigenvalue weighted by atomic mass is 9.84. The number of aliphatic carboxylic acids is 2. The van der Waals surface area contributed by atoms with E-state index in [9.17, 15) is 19.8 Å². The van der Waals surface area contributed by atoms with E-state index in [0.717, 1.165) is 44.9 Å². The Kier molecular flexibility index (Phi) is 8.92. The van der Waals surface area contributed by atoms with Gasteiger partial charge < -0.3 is 24.8 Å². The second kappa shape index (κ2) is 10.9. The van der Waals surface area contributed by atoms with Gasteiger partial charge in [0.2, 0.25) is 0 Å². The van der Waals surface area contributed by atoms with Crippen molar-refractivity contribution in [2.75, 3.05) is 6.61 Å². The van der Waals surface area contributed by atoms with Gasteiger partial charge in [-0.2, -0.15) is 0 Å². The molecular weight excluding hydrogens is 364 g/mol. The summed E-state index contributed by atoms with van der Waals surface area (Å²) in [5, 5.41) is 29.0. The van der Waals surface area contributed by atoms with Crippen LogP contribution in [-0.2, 0) is 19.1 Å². The van der Waals surface area contributed by atoms with E-state index in [1.54, 1.807) is 12.2 Å². The van der Waals surface area contributed by atoms with E-state index in [1.165, 1.54) is 0 Å². The van der Waals surface area contributed by atoms with Crippen molar-refractivity contribution >= 4 is 11.9 Å². The predicted octanol–water partition coefficient (Wildman–Crippen LogP) is 3.35. The third-order valence-corrected chi connectivity index (χ3v) is 5.79. The number of carboxylic acid groups (broad SMARTS) is 2. The van der Waals surface area contributed by atoms with Crippen molar-refractivity contribution < 1.29 is 34.4 Å². The molecule has 0 spiro atoms. The predicted molar refractivity (Wildman–Crippen MR) is 103 cm³/mol. The Bertz CT molecular complexity index is 541. The smallest absolute Gasteiger partial charge is 0.313 e. The summed E-state index contributed by atoms with van der Waals surface area (Å²) < 4.78 is 11.7. The molecule has 0 radical (unpaired) electrons. The summed E-state index contributed by atoms with van der Waals surface area (Å²) in [4.78, 5) is 23.0. The van der Waals surface area contributed by atoms with Crippen molar-refractivity contribution in [2.24, 2.45) is 11.3 Å². The highest BCUT2D eigenvalue weighted by molar-refractivity contribution is 5.78. The fraction of sp³-hybridized carbons (Fsp3) is 0.810. The number of carbonyl (C=O) groups is 2. The lowest BCUT2D eigenvalue weighted by molar-refractivity contribution is -0.179. The largest absolute Gasteiger partial charge is 0.481 e. The molecule has 1 aliphatic carbocycles. The zero-order valence-electron chi connectivity index (χ0n) is 16.7. The second-order valence-corrected chi connectivity index (χ2v) is 8.12. The van der Waals surface area contributed by atoms with Crippen molar-refractivity contribution in [1.29, 1.82) is 0 Å². The van der Waals surface area contributed by atoms with Gasteiger partial charge in [-0.05, 0) is 44.4 Å². The Morgan fingerprint density at radius 2 is 2.04 bits per heavy atom. The molecule has 1 saturated heterocycles. The second-order valence-electron chi connectivity index (χ2n) is 8.12. The van der Waals surface area contributed by atoms with Crippen molar-refractivity contribution in [3.63, 3.8) is 0 Å². The average Bonchev–Trinajstić information content (AvgIpc) is 2.97. The molecule has 28 heavy (non-hydrogen) atoms. The first-order valence-electron chi connectivity index (χ1n) is 10.5. The summed E-state index contributed by atoms with van der Waals surface area (Å²) in [5.41, 5.74) is -1.25. The highest BCUT2D eigenvalue weighted by Crippen LogP contribution is 2.45. The molecule has 1 saturated carbocycles. The molecule has 1 heterocycles. The summed E-state index contributed by atoms with van der Waals surface area (Å²) in [6.07, 6.45) is 8.71. The first kappa shape index (κ1) is 22.8. The SMILES string of the molecule is CCCCCC(/C=C/C1(C(=O)O)CC(O)C(CC(=O)O)C1)OC1CCCCO1. The quantitative estimate of drug-likeness (QED) is 0.361. The summed E-state index contributed by atoms with van der Waals surface area (Å²) >= 11 is 0. The number of unbranched alkanes of at least 4 members (excludes halogenated alkanes) is 2. The van der Waals surface area contributed by atoms with Gasteiger partial charge in [-0.1, -0.05) is 38.3 Å². The Balaban J connectivity index is 2.08. The van der Waals surface area contributed by atoms with Crippen molar-refractivity contribution in [3.05, 3.63) is 12.2 Å². The number of aliphatic hydroxyl groups excluding tert-OH is 1. The lowest BCUT2D eigenvalue weighted by Gasteiger charge is -2.27. The maximum atomic E-state index is 12.0. The van der Waals surface area contributed by atoms with Gasteiger partial charge in [-0.3, -0.25) is 9.59 Å². The monoisotopic (exact) mass is 398 g/mol. The first-order chi connectivity index (χ1) is 13.4. The van der Waals surface area contributed by atoms with Gasteiger partial charge in [0.1, 0.15) is 0 Å². The standard InChI is InChI=1S/C21H34O7/c1-2-3-4-7-16(28-19-8-5-6-11-27-19)9-10-21(20(25)26)13-15(12-18(23)24)17(22)14-21/h9-10,15-17,19,22H,2-8,11-14H2,1H3,(H,23,24)(H,25,26)/b10-9+. The molecule has 0 aromatic rings. The molecule has 5 unspecified atom stereocenters. The van der Waals surface area contributed by atoms with Gasteiger partial charge in [0.15, 0.2) is 6.29 Å². The van der Waals surface area contributed by atoms with Gasteiger partial charge in [0.05, 0.1) is 24.0 Å². The van der Waals surface area contributed by atoms with Gasteiger partial charge in [-0.15, -0.1) is 0 Å². The van der Waals surface area contributed by atoms with Gasteiger partial charge in [0.25, 0.3) is 0 Å². The Labute approximate surface area is 166 Å². The van der Waals surface area contributed by atoms with Crippen LogP contribution in [-0.4, -0.2) is 52.4 Å². The number of hydrogen-bond acceptors (Lipinski definition) is 5. The Morgan fingerprint density at radius 3 is 2.64 bits per heavy atom. The molecule has 0 aromatic heterocycles. The fourth-order valence-electron chi connectivity index (χ4n) is 4.15. The van der Waals surface area contributed by atoms with E-state index in [0.29, 0.717) is 6.61 Å². The summed E-state index contributed by atoms with van der Waals surface area (Å²) in [7, 11) is 0. The number of hydrogen-bond donors (Lipinski definition) is 3. The van der Waals surface area contributed by atoms with Crippen LogP contribution in [0.1, 0.15) is 71.1 Å². The van der Waals surface area contributed by atoms with Gasteiger partial charge in [0, 0.05) is 6.61 Å². The highest BCUT2D eigenvalue weighted by atomic mass is 16.7. The van der Waals surface area contributed by atoms with Crippen LogP contribution in [0.4, 0.5) is 0 Å². The van der Waals surface area contributed by atoms with Crippen LogP contribution in [0.5, 0.6) is 0 Å². The molecule has 5 atom stereocenters. The zero-order chi connectivity index (χ0) is 20.6. The molecule has 0 aromatic carbocycles. The van der Waals surface area contributed by atoms with E-state index in [4.69, 9.17) is 14.6 Å². The number of rotatable bonds is 11. The maximum Gasteiger partial charge on any atom is 0.313 e. The van der Waals surface area contributed by atoms with E-state index in [2.05, 4.69) is 6.92 Å². The lowest BCUT2D eigenvalue weighted by Crippen LogP contribution is -2.29. The summed E-state index contributed by atoms with van der Waals surface area (Å²) in [6.45, 7) is 2.80. The van der Waals surface area contributed by atoms with Crippen molar-refractivity contribution in [2.45, 2.75) is 89.6 Å². The number of ether oxygens (including phenoxy) is 2. The minimum atomic E-state index is -1.25. The third-order valence-electron chi connectivity index (χ3n) is 5.79. The fourth-order valence-corrected chi connectivity index (χ4v) is 4.15. The topological polar surface area (TPSA) is 113 Å². The van der Waals surface area contributed by atoms with E-state index in [-0.39, 0.29) is 31.7 Å². The molecule has 160 valence electrons. The molecule has 0 bridgehead atoms. The van der Waals surface area contributed by atoms with Crippen LogP contribution in [0.25, 0.3) is 0 Å². The molecule has 2 rings (SSSR count). The molecule has 2 aliphatic rings. The molecular formula is C21H34O7. The Hall–Kier alpha value is -1.44. The van der Waals surface area contributed by atoms with Crippen LogP contribution in [0, 0.1) is 11.3 Å². The third kappa shape index (κ3) is 6.57. The molecule has 3 N–H and O–H groups in total. The maximum absolute atomic E-state index is 12.0. The average molecular weight is 398 g/mol. The Morgan fingerprint density at radius 1 is 1.25 bits per heavy atom. The van der Waals surface area contributed by atoms with E-state index >= 15 is 0 Å². The summed E-state index contributed by atoms with van der Waals surface area (Å²) in [5.74, 6) is -2.61. The van der Waals surface area contributed by atoms with Crippen molar-refractivity contribution in [3.8, 4) is 0 Å². The van der Waals surface area contributed by atoms with Crippen LogP contribution < -0.4 is 0 Å². The minimum absolute atomic E-state index is 0.0262. The zero-order valence-corrected chi connectivity index (χ0v) is 16.7. The molecule has 2 fully saturated rings. The number of carboxylic acids is 2. The first-order valence-corrected chi connectivity index (χ1v) is 10.5. The van der Waals surface area contributed by atoms with Gasteiger partial charge >= 0.3 is 11.9 Å². The number of aliphatic hydroxyl groups is 1. The highest BCUT2D eigenvalue weighted by Gasteiger charge is 2.49. The van der Waals surface area contributed by atoms with Crippen molar-refractivity contribution in [1.82, 2.24) is 0 Å². The van der Waals surface area contributed by atoms with E-state index < -0.39 is 29.4 Å². The summed E-state index contributed by atoms with van der Waals surface area (Å²) in [6, 6.07) is 0. The van der Waals surface area contributed by atoms with Crippen LogP contribution in [0.2, 0.25) is 0 Å². The normalized spacial score (nSPS) is 31.9. The van der Waals surface area contributed by atoms with Crippen LogP contribution in [0.3, 0.4) is 0 Å².